The first-order valence-electron chi connectivity index (χ1n) is 37.1. The minimum atomic E-state index is -0.774. The molecule has 0 bridgehead atoms. The number of allylic oxidation sites excluding steroid dienone is 8. The zero-order valence-corrected chi connectivity index (χ0v) is 56.0. The molecule has 0 N–H and O–H groups in total. The molecule has 0 aliphatic heterocycles. The Hall–Kier alpha value is -2.63. The van der Waals surface area contributed by atoms with Crippen molar-refractivity contribution in [3.63, 3.8) is 0 Å². The van der Waals surface area contributed by atoms with Gasteiger partial charge in [-0.25, -0.2) is 0 Å². The van der Waals surface area contributed by atoms with Gasteiger partial charge in [0.2, 0.25) is 0 Å². The molecule has 0 aliphatic carbocycles. The Morgan fingerprint density at radius 1 is 0.241 bits per heavy atom. The van der Waals surface area contributed by atoms with Gasteiger partial charge >= 0.3 is 17.9 Å². The third-order valence-electron chi connectivity index (χ3n) is 16.8. The Bertz CT molecular complexity index is 1430. The van der Waals surface area contributed by atoms with Gasteiger partial charge in [-0.05, 0) is 83.5 Å². The van der Waals surface area contributed by atoms with Crippen LogP contribution in [0.5, 0.6) is 0 Å². The molecule has 0 aromatic rings. The topological polar surface area (TPSA) is 78.9 Å². The summed E-state index contributed by atoms with van der Waals surface area (Å²) >= 11 is 0. The average molecular weight is 1160 g/mol. The van der Waals surface area contributed by atoms with Gasteiger partial charge in [0.25, 0.3) is 0 Å². The van der Waals surface area contributed by atoms with Gasteiger partial charge in [0.05, 0.1) is 0 Å². The summed E-state index contributed by atoms with van der Waals surface area (Å²) in [5, 5.41) is 0. The van der Waals surface area contributed by atoms with Crippen LogP contribution in [0.3, 0.4) is 0 Å². The molecule has 0 saturated heterocycles. The normalized spacial score (nSPS) is 12.3. The number of ether oxygens (including phenoxy) is 3. The highest BCUT2D eigenvalue weighted by Gasteiger charge is 2.19. The average Bonchev–Trinajstić information content (AvgIpc) is 3.49. The fourth-order valence-corrected chi connectivity index (χ4v) is 11.2. The second-order valence-corrected chi connectivity index (χ2v) is 25.2. The standard InChI is InChI=1S/C77H142O6/c1-4-7-10-13-16-19-22-25-27-29-31-33-34-35-36-37-38-39-40-41-42-44-45-47-49-52-55-58-61-64-67-70-76(79)82-73-74(72-81-75(78)69-66-63-60-57-54-51-24-21-18-15-12-9-6-3)83-77(80)71-68-65-62-59-56-53-50-48-46-43-32-30-28-26-23-20-17-14-11-8-5-2/h21-22,24-25,29,31,34-35,74H,4-20,23,26-28,30,32-33,36-73H2,1-3H3/b24-21-,25-22-,31-29-,35-34-. The van der Waals surface area contributed by atoms with E-state index in [9.17, 15) is 14.4 Å². The molecule has 0 aliphatic rings. The number of hydrogen-bond acceptors (Lipinski definition) is 6. The highest BCUT2D eigenvalue weighted by atomic mass is 16.6. The summed E-state index contributed by atoms with van der Waals surface area (Å²) in [6.45, 7) is 6.68. The van der Waals surface area contributed by atoms with Crippen molar-refractivity contribution in [1.29, 1.82) is 0 Å². The first kappa shape index (κ1) is 80.4. The number of esters is 3. The van der Waals surface area contributed by atoms with E-state index in [4.69, 9.17) is 14.2 Å². The summed E-state index contributed by atoms with van der Waals surface area (Å²) < 4.78 is 17.0. The summed E-state index contributed by atoms with van der Waals surface area (Å²) in [4.78, 5) is 38.5. The molecule has 6 heteroatoms. The van der Waals surface area contributed by atoms with Crippen LogP contribution in [0.25, 0.3) is 0 Å². The first-order valence-corrected chi connectivity index (χ1v) is 37.1. The molecule has 83 heavy (non-hydrogen) atoms. The number of carbonyl (C=O) groups is 3. The summed E-state index contributed by atoms with van der Waals surface area (Å²) in [7, 11) is 0. The van der Waals surface area contributed by atoms with Crippen LogP contribution < -0.4 is 0 Å². The first-order chi connectivity index (χ1) is 41.0. The highest BCUT2D eigenvalue weighted by Crippen LogP contribution is 2.19. The largest absolute Gasteiger partial charge is 0.462 e. The van der Waals surface area contributed by atoms with Crippen LogP contribution in [-0.2, 0) is 28.6 Å². The highest BCUT2D eigenvalue weighted by molar-refractivity contribution is 5.71. The molecule has 0 amide bonds. The minimum absolute atomic E-state index is 0.0703. The van der Waals surface area contributed by atoms with Crippen molar-refractivity contribution < 1.29 is 28.6 Å². The molecule has 486 valence electrons. The van der Waals surface area contributed by atoms with Crippen LogP contribution in [0.15, 0.2) is 48.6 Å². The summed E-state index contributed by atoms with van der Waals surface area (Å²) in [5.41, 5.74) is 0. The van der Waals surface area contributed by atoms with Gasteiger partial charge in [-0.1, -0.05) is 352 Å². The van der Waals surface area contributed by atoms with Crippen molar-refractivity contribution in [2.24, 2.45) is 0 Å². The van der Waals surface area contributed by atoms with Gasteiger partial charge < -0.3 is 14.2 Å². The number of rotatable bonds is 69. The Morgan fingerprint density at radius 3 is 0.699 bits per heavy atom. The molecule has 0 spiro atoms. The summed E-state index contributed by atoms with van der Waals surface area (Å²) in [6.07, 6.45) is 91.6. The van der Waals surface area contributed by atoms with Crippen LogP contribution in [0.2, 0.25) is 0 Å². The van der Waals surface area contributed by atoms with E-state index in [1.807, 2.05) is 0 Å². The van der Waals surface area contributed by atoms with E-state index >= 15 is 0 Å². The van der Waals surface area contributed by atoms with E-state index in [-0.39, 0.29) is 31.1 Å². The molecule has 1 unspecified atom stereocenters. The van der Waals surface area contributed by atoms with Gasteiger partial charge in [0.15, 0.2) is 6.10 Å². The molecule has 0 rings (SSSR count). The van der Waals surface area contributed by atoms with Gasteiger partial charge in [0, 0.05) is 19.3 Å². The SMILES string of the molecule is CCCCCC/C=C\CCCCCCCC(=O)OCC(COC(=O)CCCCCCCCCCCCCCCCCC/C=C\C/C=C\C/C=C\CCCCCCC)OC(=O)CCCCCCCCCCCCCCCCCCCCCCC. The van der Waals surface area contributed by atoms with E-state index in [1.165, 1.54) is 289 Å². The maximum atomic E-state index is 13.0. The smallest absolute Gasteiger partial charge is 0.306 e. The van der Waals surface area contributed by atoms with Gasteiger partial charge in [0.1, 0.15) is 13.2 Å². The van der Waals surface area contributed by atoms with E-state index in [1.54, 1.807) is 0 Å². The van der Waals surface area contributed by atoms with Gasteiger partial charge in [-0.3, -0.25) is 14.4 Å². The Morgan fingerprint density at radius 2 is 0.434 bits per heavy atom. The predicted octanol–water partition coefficient (Wildman–Crippen LogP) is 25.7. The Labute approximate surface area is 518 Å². The molecule has 0 saturated carbocycles. The second-order valence-electron chi connectivity index (χ2n) is 25.2. The second kappa shape index (κ2) is 71.8. The van der Waals surface area contributed by atoms with Gasteiger partial charge in [-0.2, -0.15) is 0 Å². The van der Waals surface area contributed by atoms with Crippen molar-refractivity contribution in [2.45, 2.75) is 412 Å². The molecule has 0 heterocycles. The van der Waals surface area contributed by atoms with E-state index in [0.29, 0.717) is 19.3 Å². The van der Waals surface area contributed by atoms with Crippen molar-refractivity contribution >= 4 is 17.9 Å². The molecule has 0 fully saturated rings. The molecular weight excluding hydrogens is 1020 g/mol. The number of hydrogen-bond donors (Lipinski definition) is 0. The fourth-order valence-electron chi connectivity index (χ4n) is 11.2. The molecular formula is C77H142O6. The Balaban J connectivity index is 4.18. The van der Waals surface area contributed by atoms with Crippen molar-refractivity contribution in [1.82, 2.24) is 0 Å². The molecule has 0 aromatic carbocycles. The van der Waals surface area contributed by atoms with Crippen LogP contribution in [0.4, 0.5) is 0 Å². The lowest BCUT2D eigenvalue weighted by atomic mass is 10.0. The zero-order valence-electron chi connectivity index (χ0n) is 56.0. The molecule has 1 atom stereocenters. The number of unbranched alkanes of at least 4 members (excludes halogenated alkanes) is 50. The van der Waals surface area contributed by atoms with Crippen LogP contribution in [-0.4, -0.2) is 37.2 Å². The predicted molar refractivity (Wildman–Crippen MR) is 362 cm³/mol. The molecule has 6 nitrogen and oxygen atoms in total. The summed E-state index contributed by atoms with van der Waals surface area (Å²) in [6, 6.07) is 0. The lowest BCUT2D eigenvalue weighted by molar-refractivity contribution is -0.167. The third-order valence-corrected chi connectivity index (χ3v) is 16.8. The quantitative estimate of drug-likeness (QED) is 0.0261. The maximum absolute atomic E-state index is 13.0. The lowest BCUT2D eigenvalue weighted by Gasteiger charge is -2.18. The number of carbonyl (C=O) groups excluding carboxylic acids is 3. The van der Waals surface area contributed by atoms with Gasteiger partial charge in [-0.15, -0.1) is 0 Å². The van der Waals surface area contributed by atoms with E-state index < -0.39 is 6.10 Å². The molecule has 0 aromatic heterocycles. The monoisotopic (exact) mass is 1160 g/mol. The van der Waals surface area contributed by atoms with E-state index in [2.05, 4.69) is 69.4 Å². The third kappa shape index (κ3) is 70.0. The summed E-state index contributed by atoms with van der Waals surface area (Å²) in [5.74, 6) is -0.850. The van der Waals surface area contributed by atoms with Crippen LogP contribution in [0, 0.1) is 0 Å². The minimum Gasteiger partial charge on any atom is -0.462 e. The Kier molecular flexibility index (Phi) is 69.6. The van der Waals surface area contributed by atoms with Crippen molar-refractivity contribution in [2.75, 3.05) is 13.2 Å². The van der Waals surface area contributed by atoms with Crippen LogP contribution in [0.1, 0.15) is 406 Å². The van der Waals surface area contributed by atoms with Crippen LogP contribution >= 0.6 is 0 Å². The van der Waals surface area contributed by atoms with Crippen molar-refractivity contribution in [3.8, 4) is 0 Å². The zero-order chi connectivity index (χ0) is 59.9. The maximum Gasteiger partial charge on any atom is 0.306 e. The molecule has 0 radical (unpaired) electrons. The van der Waals surface area contributed by atoms with E-state index in [0.717, 1.165) is 77.0 Å². The fraction of sp³-hybridized carbons (Fsp3) is 0.857. The lowest BCUT2D eigenvalue weighted by Crippen LogP contribution is -2.30. The van der Waals surface area contributed by atoms with Crippen molar-refractivity contribution in [3.05, 3.63) is 48.6 Å².